The van der Waals surface area contributed by atoms with Crippen LogP contribution >= 0.6 is 0 Å². The van der Waals surface area contributed by atoms with E-state index in [1.165, 1.54) is 16.4 Å². The fraction of sp³-hybridized carbons (Fsp3) is 0.250. The molecule has 0 saturated heterocycles. The lowest BCUT2D eigenvalue weighted by Crippen LogP contribution is -2.30. The standard InChI is InChI=1S/C16H16N2O6S/c1-3-17(12-5-7-15-16(8-12)24-10-23-15)25(21,22)13-6-4-11(2)14(9-13)18(19)20/h4-9H,3,10H2,1-2H3. The van der Waals surface area contributed by atoms with Gasteiger partial charge in [-0.2, -0.15) is 0 Å². The smallest absolute Gasteiger partial charge is 0.273 e. The van der Waals surface area contributed by atoms with E-state index in [0.717, 1.165) is 6.07 Å². The van der Waals surface area contributed by atoms with Crippen LogP contribution in [-0.4, -0.2) is 26.7 Å². The molecule has 0 saturated carbocycles. The van der Waals surface area contributed by atoms with Gasteiger partial charge in [-0.3, -0.25) is 14.4 Å². The second kappa shape index (κ2) is 6.25. The van der Waals surface area contributed by atoms with Gasteiger partial charge in [0, 0.05) is 24.2 Å². The molecule has 132 valence electrons. The summed E-state index contributed by atoms with van der Waals surface area (Å²) in [7, 11) is -3.96. The molecule has 2 aromatic carbocycles. The zero-order valence-electron chi connectivity index (χ0n) is 13.6. The summed E-state index contributed by atoms with van der Waals surface area (Å²) >= 11 is 0. The van der Waals surface area contributed by atoms with E-state index in [4.69, 9.17) is 9.47 Å². The summed E-state index contributed by atoms with van der Waals surface area (Å²) in [4.78, 5) is 10.4. The number of hydrogen-bond donors (Lipinski definition) is 0. The molecule has 1 aliphatic heterocycles. The molecule has 25 heavy (non-hydrogen) atoms. The van der Waals surface area contributed by atoms with Crippen molar-refractivity contribution in [2.45, 2.75) is 18.7 Å². The molecule has 0 fully saturated rings. The number of hydrogen-bond acceptors (Lipinski definition) is 6. The molecule has 1 heterocycles. The van der Waals surface area contributed by atoms with Gasteiger partial charge in [-0.05, 0) is 32.0 Å². The second-order valence-corrected chi connectivity index (χ2v) is 7.28. The van der Waals surface area contributed by atoms with Gasteiger partial charge in [0.15, 0.2) is 11.5 Å². The largest absolute Gasteiger partial charge is 0.454 e. The zero-order valence-corrected chi connectivity index (χ0v) is 14.4. The van der Waals surface area contributed by atoms with Crippen molar-refractivity contribution in [2.75, 3.05) is 17.6 Å². The van der Waals surface area contributed by atoms with Crippen molar-refractivity contribution in [2.24, 2.45) is 0 Å². The predicted octanol–water partition coefficient (Wildman–Crippen LogP) is 2.85. The summed E-state index contributed by atoms with van der Waals surface area (Å²) in [5.74, 6) is 1.00. The Morgan fingerprint density at radius 1 is 1.16 bits per heavy atom. The van der Waals surface area contributed by atoms with Crippen molar-refractivity contribution < 1.29 is 22.8 Å². The fourth-order valence-corrected chi connectivity index (χ4v) is 4.09. The lowest BCUT2D eigenvalue weighted by molar-refractivity contribution is -0.385. The highest BCUT2D eigenvalue weighted by Gasteiger charge is 2.27. The molecule has 3 rings (SSSR count). The first-order valence-corrected chi connectivity index (χ1v) is 8.96. The van der Waals surface area contributed by atoms with Crippen LogP contribution in [0.4, 0.5) is 11.4 Å². The van der Waals surface area contributed by atoms with Gasteiger partial charge in [-0.15, -0.1) is 0 Å². The maximum absolute atomic E-state index is 13.0. The SMILES string of the molecule is CCN(c1ccc2c(c1)OCO2)S(=O)(=O)c1ccc(C)c([N+](=O)[O-])c1. The predicted molar refractivity (Wildman–Crippen MR) is 90.6 cm³/mol. The number of benzene rings is 2. The van der Waals surface area contributed by atoms with E-state index in [1.54, 1.807) is 32.0 Å². The van der Waals surface area contributed by atoms with E-state index in [2.05, 4.69) is 0 Å². The quantitative estimate of drug-likeness (QED) is 0.597. The molecule has 0 aliphatic carbocycles. The lowest BCUT2D eigenvalue weighted by atomic mass is 10.2. The number of sulfonamides is 1. The van der Waals surface area contributed by atoms with Crippen molar-refractivity contribution in [3.05, 3.63) is 52.1 Å². The molecule has 0 spiro atoms. The summed E-state index contributed by atoms with van der Waals surface area (Å²) in [5, 5.41) is 11.1. The number of aryl methyl sites for hydroxylation is 1. The third-order valence-electron chi connectivity index (χ3n) is 3.90. The number of nitro groups is 1. The van der Waals surface area contributed by atoms with E-state index in [1.807, 2.05) is 0 Å². The highest BCUT2D eigenvalue weighted by atomic mass is 32.2. The highest BCUT2D eigenvalue weighted by Crippen LogP contribution is 2.37. The normalized spacial score (nSPS) is 12.9. The van der Waals surface area contributed by atoms with Gasteiger partial charge in [0.1, 0.15) is 0 Å². The Balaban J connectivity index is 2.05. The van der Waals surface area contributed by atoms with Gasteiger partial charge < -0.3 is 9.47 Å². The van der Waals surface area contributed by atoms with Crippen molar-refractivity contribution in [1.82, 2.24) is 0 Å². The Morgan fingerprint density at radius 2 is 1.88 bits per heavy atom. The first kappa shape index (κ1) is 17.0. The molecule has 1 aliphatic rings. The number of rotatable bonds is 5. The molecule has 9 heteroatoms. The lowest BCUT2D eigenvalue weighted by Gasteiger charge is -2.23. The number of nitro benzene ring substituents is 1. The molecule has 0 unspecified atom stereocenters. The molecule has 0 amide bonds. The highest BCUT2D eigenvalue weighted by molar-refractivity contribution is 7.92. The molecule has 0 bridgehead atoms. The zero-order chi connectivity index (χ0) is 18.2. The molecular weight excluding hydrogens is 348 g/mol. The Kier molecular flexibility index (Phi) is 4.25. The summed E-state index contributed by atoms with van der Waals surface area (Å²) in [6, 6.07) is 8.70. The number of ether oxygens (including phenoxy) is 2. The van der Waals surface area contributed by atoms with Gasteiger partial charge in [0.2, 0.25) is 6.79 Å². The van der Waals surface area contributed by atoms with Crippen LogP contribution in [0.5, 0.6) is 11.5 Å². The third-order valence-corrected chi connectivity index (χ3v) is 5.80. The van der Waals surface area contributed by atoms with Crippen molar-refractivity contribution in [3.63, 3.8) is 0 Å². The molecule has 2 aromatic rings. The van der Waals surface area contributed by atoms with Crippen LogP contribution in [0.1, 0.15) is 12.5 Å². The number of anilines is 1. The summed E-state index contributed by atoms with van der Waals surface area (Å²) in [6.07, 6.45) is 0. The van der Waals surface area contributed by atoms with Crippen molar-refractivity contribution in [1.29, 1.82) is 0 Å². The topological polar surface area (TPSA) is 99.0 Å². The van der Waals surface area contributed by atoms with E-state index in [0.29, 0.717) is 22.7 Å². The van der Waals surface area contributed by atoms with Gasteiger partial charge in [0.25, 0.3) is 15.7 Å². The van der Waals surface area contributed by atoms with Crippen LogP contribution in [0.15, 0.2) is 41.3 Å². The Labute approximate surface area is 144 Å². The minimum absolute atomic E-state index is 0.0851. The van der Waals surface area contributed by atoms with Gasteiger partial charge in [0.05, 0.1) is 15.5 Å². The summed E-state index contributed by atoms with van der Waals surface area (Å²) < 4.78 is 37.6. The average molecular weight is 364 g/mol. The fourth-order valence-electron chi connectivity index (χ4n) is 2.61. The summed E-state index contributed by atoms with van der Waals surface area (Å²) in [6.45, 7) is 3.49. The molecule has 0 aromatic heterocycles. The van der Waals surface area contributed by atoms with Gasteiger partial charge in [-0.1, -0.05) is 6.07 Å². The molecule has 8 nitrogen and oxygen atoms in total. The van der Waals surface area contributed by atoms with Crippen molar-refractivity contribution >= 4 is 21.4 Å². The maximum Gasteiger partial charge on any atom is 0.273 e. The molecule has 0 N–H and O–H groups in total. The number of fused-ring (bicyclic) bond motifs is 1. The minimum Gasteiger partial charge on any atom is -0.454 e. The summed E-state index contributed by atoms with van der Waals surface area (Å²) in [5.41, 5.74) is 0.563. The van der Waals surface area contributed by atoms with E-state index in [-0.39, 0.29) is 23.9 Å². The van der Waals surface area contributed by atoms with E-state index >= 15 is 0 Å². The Bertz CT molecular complexity index is 942. The third kappa shape index (κ3) is 2.98. The van der Waals surface area contributed by atoms with Crippen LogP contribution in [0.3, 0.4) is 0 Å². The first-order valence-electron chi connectivity index (χ1n) is 7.52. The van der Waals surface area contributed by atoms with Crippen LogP contribution in [-0.2, 0) is 10.0 Å². The van der Waals surface area contributed by atoms with E-state index < -0.39 is 14.9 Å². The Hall–Kier alpha value is -2.81. The van der Waals surface area contributed by atoms with Crippen molar-refractivity contribution in [3.8, 4) is 11.5 Å². The minimum atomic E-state index is -3.96. The van der Waals surface area contributed by atoms with Crippen LogP contribution < -0.4 is 13.8 Å². The van der Waals surface area contributed by atoms with Crippen LogP contribution in [0, 0.1) is 17.0 Å². The Morgan fingerprint density at radius 3 is 2.56 bits per heavy atom. The van der Waals surface area contributed by atoms with Gasteiger partial charge >= 0.3 is 0 Å². The maximum atomic E-state index is 13.0. The average Bonchev–Trinajstić information content (AvgIpc) is 3.03. The molecular formula is C16H16N2O6S. The number of nitrogens with zero attached hydrogens (tertiary/aromatic N) is 2. The monoisotopic (exact) mass is 364 g/mol. The first-order chi connectivity index (χ1) is 11.8. The van der Waals surface area contributed by atoms with E-state index in [9.17, 15) is 18.5 Å². The van der Waals surface area contributed by atoms with Gasteiger partial charge in [-0.25, -0.2) is 8.42 Å². The van der Waals surface area contributed by atoms with Crippen LogP contribution in [0.2, 0.25) is 0 Å². The second-order valence-electron chi connectivity index (χ2n) is 5.41. The van der Waals surface area contributed by atoms with Crippen LogP contribution in [0.25, 0.3) is 0 Å². The molecule has 0 atom stereocenters. The molecule has 0 radical (unpaired) electrons.